The summed E-state index contributed by atoms with van der Waals surface area (Å²) in [6.45, 7) is 2.57. The van der Waals surface area contributed by atoms with Gasteiger partial charge in [-0.25, -0.2) is 0 Å². The topological polar surface area (TPSA) is 319 Å². The molecule has 464 valence electrons. The van der Waals surface area contributed by atoms with Crippen LogP contribution in [0.25, 0.3) is 44.5 Å². The number of nitrogen functional groups attached to an aromatic ring is 1. The van der Waals surface area contributed by atoms with E-state index >= 15 is 0 Å². The van der Waals surface area contributed by atoms with E-state index in [1.165, 1.54) is 0 Å². The van der Waals surface area contributed by atoms with Gasteiger partial charge in [-0.1, -0.05) is 146 Å². The highest BCUT2D eigenvalue weighted by molar-refractivity contribution is 7.69. The van der Waals surface area contributed by atoms with Crippen LogP contribution in [0.1, 0.15) is 6.92 Å². The second kappa shape index (κ2) is 27.5. The molecule has 0 saturated carbocycles. The molecule has 0 bridgehead atoms. The highest BCUT2D eigenvalue weighted by Crippen LogP contribution is 2.57. The van der Waals surface area contributed by atoms with E-state index in [-0.39, 0.29) is 30.8 Å². The summed E-state index contributed by atoms with van der Waals surface area (Å²) in [5.41, 5.74) is 18.6. The second-order valence-electron chi connectivity index (χ2n) is 20.4. The summed E-state index contributed by atoms with van der Waals surface area (Å²) in [6, 6.07) is 61.0. The Kier molecular flexibility index (Phi) is 18.9. The van der Waals surface area contributed by atoms with Gasteiger partial charge >= 0.3 is 0 Å². The number of hydrogen-bond acceptors (Lipinski definition) is 22. The Morgan fingerprint density at radius 1 is 0.385 bits per heavy atom. The molecule has 0 amide bonds. The molecule has 4 unspecified atom stereocenters. The van der Waals surface area contributed by atoms with Crippen molar-refractivity contribution in [2.45, 2.75) is 6.92 Å². The van der Waals surface area contributed by atoms with Crippen LogP contribution in [0.2, 0.25) is 0 Å². The maximum absolute atomic E-state index is 13.7. The highest BCUT2D eigenvalue weighted by Gasteiger charge is 2.39. The first kappa shape index (κ1) is 62.7. The van der Waals surface area contributed by atoms with Crippen LogP contribution in [0.4, 0.5) is 35.7 Å². The Balaban J connectivity index is 0.000000127. The van der Waals surface area contributed by atoms with Gasteiger partial charge in [-0.05, 0) is 84.8 Å². The maximum Gasteiger partial charge on any atom is 0.298 e. The van der Waals surface area contributed by atoms with Crippen molar-refractivity contribution in [2.24, 2.45) is 10.7 Å². The smallest absolute Gasteiger partial charge is 0.298 e. The van der Waals surface area contributed by atoms with Gasteiger partial charge in [0.1, 0.15) is 41.9 Å². The summed E-state index contributed by atoms with van der Waals surface area (Å²) in [7, 11) is -7.07. The Morgan fingerprint density at radius 3 is 1.02 bits per heavy atom. The number of benzene rings is 8. The lowest BCUT2D eigenvalue weighted by Gasteiger charge is -2.28. The molecule has 91 heavy (non-hydrogen) atoms. The zero-order valence-electron chi connectivity index (χ0n) is 49.9. The van der Waals surface area contributed by atoms with E-state index in [0.717, 1.165) is 56.2 Å². The van der Waals surface area contributed by atoms with Crippen LogP contribution in [-0.2, 0) is 18.3 Å². The number of para-hydroxylation sites is 4. The van der Waals surface area contributed by atoms with Crippen molar-refractivity contribution in [1.29, 1.82) is 0 Å². The monoisotopic (exact) mass is 1300 g/mol. The van der Waals surface area contributed by atoms with Crippen molar-refractivity contribution in [3.05, 3.63) is 194 Å². The van der Waals surface area contributed by atoms with E-state index < -0.39 is 29.5 Å². The fourth-order valence-corrected chi connectivity index (χ4v) is 18.6. The third-order valence-electron chi connectivity index (χ3n) is 14.5. The van der Waals surface area contributed by atoms with E-state index in [4.69, 9.17) is 29.6 Å². The van der Waals surface area contributed by atoms with Crippen LogP contribution in [0.5, 0.6) is 23.0 Å². The third-order valence-corrected chi connectivity index (χ3v) is 23.4. The first-order valence-electron chi connectivity index (χ1n) is 28.8. The standard InChI is InChI=1S/2C18H19N6O2P.C14H13N2O2P.C14H14NO2P/c1-19-16-22-17(20-2)24-18(23-16)21-11-27(25)15-10-6-4-8-13(15)12-7-3-5-9-14(12)26-27;1-2-20-17-22-16(19)23-18(24-17)21-11-27(25)15-10-6-4-8-13(15)12-7-3-5-9-14(12)26-27;15-9-16-10-19(17)14-8-4-2-6-12(14)11-5-1-3-7-13(11)18-19;1-15-10-18(16)14-9-5-3-7-12(14)11-6-2-4-8-13(11)17-18/h3-10H,11H2,1-2H3,(H3,19,20,21,22,23,24);3-10H,2,11H2,1H3,(H4,19,20,21,22,23,24);1-9H,10H2,(H2,15,16);2-9,15H,10H2,1H3. The van der Waals surface area contributed by atoms with E-state index in [2.05, 4.69) is 66.8 Å². The molecule has 4 aliphatic heterocycles. The number of nitrogens with two attached hydrogens (primary N) is 2. The fraction of sp³-hybridized carbons (Fsp3) is 0.141. The second-order valence-corrected chi connectivity index (χ2v) is 29.7. The predicted octanol–water partition coefficient (Wildman–Crippen LogP) is 11.3. The van der Waals surface area contributed by atoms with Crippen molar-refractivity contribution in [3.63, 3.8) is 0 Å². The number of rotatable bonds is 14. The van der Waals surface area contributed by atoms with Crippen molar-refractivity contribution < 1.29 is 36.4 Å². The SMILES string of the molecule is CCNc1nc(N)nc(NCP2(=O)Oc3ccccc3-c3ccccc32)n1.CNCP1(=O)Oc2ccccc2-c2ccccc21.CNc1nc(NC)nc(NCP2(=O)Oc3ccccc3-c3ccccc32)n1.NC=NCP1(=O)Oc2ccccc2-c2ccccc21. The average Bonchev–Trinajstić information content (AvgIpc) is 0.818. The van der Waals surface area contributed by atoms with Crippen LogP contribution in [-0.4, -0.2) is 89.1 Å². The fourth-order valence-electron chi connectivity index (χ4n) is 10.5. The lowest BCUT2D eigenvalue weighted by Crippen LogP contribution is -2.24. The van der Waals surface area contributed by atoms with Gasteiger partial charge in [0.05, 0.1) is 33.8 Å². The van der Waals surface area contributed by atoms with Crippen LogP contribution in [0, 0.1) is 0 Å². The molecule has 0 radical (unpaired) electrons. The molecule has 4 atom stereocenters. The van der Waals surface area contributed by atoms with Crippen molar-refractivity contribution in [2.75, 3.05) is 85.1 Å². The number of aromatic nitrogens is 6. The predicted molar refractivity (Wildman–Crippen MR) is 365 cm³/mol. The third kappa shape index (κ3) is 13.5. The van der Waals surface area contributed by atoms with Gasteiger partial charge in [0.25, 0.3) is 29.5 Å². The Hall–Kier alpha value is -9.87. The minimum Gasteiger partial charge on any atom is -0.438 e. The number of fused-ring (bicyclic) bond motifs is 12. The van der Waals surface area contributed by atoms with Crippen LogP contribution in [0.3, 0.4) is 0 Å². The minimum absolute atomic E-state index is 0.0351. The summed E-state index contributed by atoms with van der Waals surface area (Å²) in [6.07, 6.45) is 1.67. The molecule has 0 saturated heterocycles. The van der Waals surface area contributed by atoms with Crippen LogP contribution in [0.15, 0.2) is 199 Å². The molecule has 14 rings (SSSR count). The summed E-state index contributed by atoms with van der Waals surface area (Å²) < 4.78 is 76.8. The molecule has 27 heteroatoms. The number of aliphatic imine (C=N–C) groups is 1. The van der Waals surface area contributed by atoms with E-state index in [9.17, 15) is 18.3 Å². The molecule has 10 aromatic rings. The molecule has 6 heterocycles. The minimum atomic E-state index is -3.22. The number of hydrogen-bond donors (Lipinski definition) is 8. The molecule has 4 aliphatic rings. The molecule has 0 fully saturated rings. The molecular formula is C64H65N15O8P4. The van der Waals surface area contributed by atoms with Crippen LogP contribution < -0.4 is 82.7 Å². The lowest BCUT2D eigenvalue weighted by molar-refractivity contribution is 0.487. The van der Waals surface area contributed by atoms with Gasteiger partial charge in [0, 0.05) is 42.9 Å². The highest BCUT2D eigenvalue weighted by atomic mass is 31.2. The maximum atomic E-state index is 13.7. The Morgan fingerprint density at radius 2 is 0.670 bits per heavy atom. The number of nitrogens with one attached hydrogen (secondary N) is 6. The largest absolute Gasteiger partial charge is 0.438 e. The Bertz CT molecular complexity index is 4520. The van der Waals surface area contributed by atoms with Crippen molar-refractivity contribution in [3.8, 4) is 67.5 Å². The van der Waals surface area contributed by atoms with Gasteiger partial charge in [-0.3, -0.25) is 23.3 Å². The van der Waals surface area contributed by atoms with E-state index in [1.54, 1.807) is 21.1 Å². The summed E-state index contributed by atoms with van der Waals surface area (Å²) in [5, 5.41) is 20.6. The van der Waals surface area contributed by atoms with E-state index in [1.807, 2.05) is 201 Å². The molecule has 23 nitrogen and oxygen atoms in total. The van der Waals surface area contributed by atoms with Crippen molar-refractivity contribution in [1.82, 2.24) is 35.2 Å². The molecule has 2 aromatic heterocycles. The Labute approximate surface area is 526 Å². The molecule has 8 aromatic carbocycles. The zero-order chi connectivity index (χ0) is 63.6. The van der Waals surface area contributed by atoms with Gasteiger partial charge < -0.3 is 61.5 Å². The van der Waals surface area contributed by atoms with Gasteiger partial charge in [-0.15, -0.1) is 0 Å². The lowest BCUT2D eigenvalue weighted by atomic mass is 10.0. The molecule has 0 aliphatic carbocycles. The number of anilines is 6. The quantitative estimate of drug-likeness (QED) is 0.0285. The first-order chi connectivity index (χ1) is 44.2. The zero-order valence-corrected chi connectivity index (χ0v) is 53.5. The molecule has 10 N–H and O–H groups in total. The summed E-state index contributed by atoms with van der Waals surface area (Å²) in [5.74, 6) is 4.37. The van der Waals surface area contributed by atoms with E-state index in [0.29, 0.717) is 75.5 Å². The normalized spacial score (nSPS) is 18.7. The van der Waals surface area contributed by atoms with Crippen LogP contribution >= 0.6 is 29.5 Å². The molecular weight excluding hydrogens is 1230 g/mol. The summed E-state index contributed by atoms with van der Waals surface area (Å²) in [4.78, 5) is 28.9. The van der Waals surface area contributed by atoms with Gasteiger partial charge in [0.2, 0.25) is 35.7 Å². The summed E-state index contributed by atoms with van der Waals surface area (Å²) >= 11 is 0. The van der Waals surface area contributed by atoms with Gasteiger partial charge in [0.15, 0.2) is 0 Å². The first-order valence-corrected chi connectivity index (χ1v) is 36.0. The van der Waals surface area contributed by atoms with Gasteiger partial charge in [-0.2, -0.15) is 29.9 Å². The van der Waals surface area contributed by atoms with Crippen molar-refractivity contribution >= 4 is 92.7 Å². The molecule has 0 spiro atoms. The average molecular weight is 1300 g/mol. The number of nitrogens with zero attached hydrogens (tertiary/aromatic N) is 7.